The Morgan fingerprint density at radius 2 is 2.04 bits per heavy atom. The quantitative estimate of drug-likeness (QED) is 0.339. The molecule has 4 rings (SSSR count). The number of fused-ring (bicyclic) bond motifs is 2. The molecule has 1 N–H and O–H groups in total. The van der Waals surface area contributed by atoms with Crippen LogP contribution in [0.15, 0.2) is 29.3 Å². The van der Waals surface area contributed by atoms with E-state index in [0.29, 0.717) is 22.0 Å². The minimum Gasteiger partial charge on any atom is -0.506 e. The van der Waals surface area contributed by atoms with E-state index in [1.165, 1.54) is 22.6 Å². The van der Waals surface area contributed by atoms with Gasteiger partial charge in [-0.1, -0.05) is 18.6 Å². The third-order valence-corrected chi connectivity index (χ3v) is 7.07. The average molecular weight is 400 g/mol. The summed E-state index contributed by atoms with van der Waals surface area (Å²) < 4.78 is 6.32. The van der Waals surface area contributed by atoms with E-state index in [-0.39, 0.29) is 11.7 Å². The van der Waals surface area contributed by atoms with Crippen LogP contribution in [0.3, 0.4) is 0 Å². The summed E-state index contributed by atoms with van der Waals surface area (Å²) in [4.78, 5) is 19.2. The molecule has 0 amide bonds. The molecule has 6 heteroatoms. The minimum atomic E-state index is -0.287. The van der Waals surface area contributed by atoms with Crippen LogP contribution in [0.25, 0.3) is 10.1 Å². The van der Waals surface area contributed by atoms with E-state index in [0.717, 1.165) is 41.3 Å². The zero-order chi connectivity index (χ0) is 18.8. The molecule has 2 heterocycles. The van der Waals surface area contributed by atoms with Gasteiger partial charge in [0.2, 0.25) is 0 Å². The number of hydrogen-bond donors (Lipinski definition) is 1. The van der Waals surface area contributed by atoms with Crippen molar-refractivity contribution in [2.75, 3.05) is 6.61 Å². The van der Waals surface area contributed by atoms with Crippen molar-refractivity contribution in [2.45, 2.75) is 39.0 Å². The first-order valence-corrected chi connectivity index (χ1v) is 10.9. The zero-order valence-electron chi connectivity index (χ0n) is 15.2. The number of carbonyl (C=O) groups excluding carboxylic acids is 1. The van der Waals surface area contributed by atoms with Gasteiger partial charge in [0.1, 0.15) is 10.8 Å². The summed E-state index contributed by atoms with van der Waals surface area (Å²) in [7, 11) is 0. The summed E-state index contributed by atoms with van der Waals surface area (Å²) >= 11 is 3.08. The molecule has 1 aromatic carbocycles. The van der Waals surface area contributed by atoms with Crippen LogP contribution in [0.2, 0.25) is 0 Å². The van der Waals surface area contributed by atoms with Crippen LogP contribution in [0.1, 0.15) is 51.9 Å². The molecule has 0 bridgehead atoms. The van der Waals surface area contributed by atoms with Gasteiger partial charge in [-0.15, -0.1) is 22.7 Å². The van der Waals surface area contributed by atoms with Crippen molar-refractivity contribution in [2.24, 2.45) is 4.99 Å². The highest BCUT2D eigenvalue weighted by molar-refractivity contribution is 7.21. The predicted octanol–water partition coefficient (Wildman–Crippen LogP) is 5.86. The van der Waals surface area contributed by atoms with Crippen LogP contribution in [-0.4, -0.2) is 23.9 Å². The molecule has 27 heavy (non-hydrogen) atoms. The number of aromatic hydroxyl groups is 1. The first-order valence-electron chi connectivity index (χ1n) is 9.25. The monoisotopic (exact) mass is 399 g/mol. The number of ether oxygens (including phenoxy) is 1. The number of aliphatic imine (C=N–C) groups is 1. The Bertz CT molecular complexity index is 1020. The topological polar surface area (TPSA) is 58.9 Å². The molecule has 0 spiro atoms. The van der Waals surface area contributed by atoms with Crippen LogP contribution in [0, 0.1) is 0 Å². The summed E-state index contributed by atoms with van der Waals surface area (Å²) in [6.45, 7) is 2.17. The number of aryl methyl sites for hydroxylation is 1. The highest BCUT2D eigenvalue weighted by Crippen LogP contribution is 2.41. The van der Waals surface area contributed by atoms with E-state index in [9.17, 15) is 9.90 Å². The Balaban J connectivity index is 1.75. The van der Waals surface area contributed by atoms with Gasteiger partial charge < -0.3 is 9.84 Å². The standard InChI is InChI=1S/C21H21NO3S2/c1-2-25-21(24)18-13-8-4-3-5-10-15(13)27-20(18)22-12-17-19(23)14-9-6-7-11-16(14)26-17/h6-7,9,11-12,23H,2-5,8,10H2,1H3/b22-12+. The maximum Gasteiger partial charge on any atom is 0.341 e. The summed E-state index contributed by atoms with van der Waals surface area (Å²) in [5.74, 6) is -0.0419. The van der Waals surface area contributed by atoms with E-state index in [1.807, 2.05) is 31.2 Å². The lowest BCUT2D eigenvalue weighted by molar-refractivity contribution is 0.0526. The molecule has 0 fully saturated rings. The molecular formula is C21H21NO3S2. The second kappa shape index (κ2) is 7.82. The van der Waals surface area contributed by atoms with E-state index < -0.39 is 0 Å². The zero-order valence-corrected chi connectivity index (χ0v) is 16.8. The largest absolute Gasteiger partial charge is 0.506 e. The van der Waals surface area contributed by atoms with Crippen molar-refractivity contribution < 1.29 is 14.6 Å². The van der Waals surface area contributed by atoms with Crippen LogP contribution in [0.5, 0.6) is 5.75 Å². The van der Waals surface area contributed by atoms with Gasteiger partial charge in [-0.3, -0.25) is 0 Å². The van der Waals surface area contributed by atoms with E-state index in [1.54, 1.807) is 17.6 Å². The normalized spacial score (nSPS) is 14.4. The Kier molecular flexibility index (Phi) is 5.27. The van der Waals surface area contributed by atoms with Gasteiger partial charge in [0, 0.05) is 21.2 Å². The van der Waals surface area contributed by atoms with Crippen molar-refractivity contribution in [3.63, 3.8) is 0 Å². The molecule has 1 aliphatic carbocycles. The third-order valence-electron chi connectivity index (χ3n) is 4.78. The molecule has 0 radical (unpaired) electrons. The summed E-state index contributed by atoms with van der Waals surface area (Å²) in [5.41, 5.74) is 1.74. The summed E-state index contributed by atoms with van der Waals surface area (Å²) in [6, 6.07) is 7.74. The number of thiophene rings is 2. The lowest BCUT2D eigenvalue weighted by atomic mass is 10.1. The lowest BCUT2D eigenvalue weighted by Gasteiger charge is -2.05. The molecule has 4 nitrogen and oxygen atoms in total. The Hall–Kier alpha value is -2.18. The number of carbonyl (C=O) groups is 1. The lowest BCUT2D eigenvalue weighted by Crippen LogP contribution is -2.07. The van der Waals surface area contributed by atoms with Gasteiger partial charge in [-0.2, -0.15) is 0 Å². The Morgan fingerprint density at radius 1 is 1.22 bits per heavy atom. The maximum absolute atomic E-state index is 12.6. The molecular weight excluding hydrogens is 378 g/mol. The van der Waals surface area contributed by atoms with Crippen LogP contribution in [-0.2, 0) is 17.6 Å². The highest BCUT2D eigenvalue weighted by Gasteiger charge is 2.25. The first-order chi connectivity index (χ1) is 13.2. The fourth-order valence-electron chi connectivity index (χ4n) is 3.49. The van der Waals surface area contributed by atoms with Gasteiger partial charge >= 0.3 is 5.97 Å². The Morgan fingerprint density at radius 3 is 2.85 bits per heavy atom. The number of esters is 1. The van der Waals surface area contributed by atoms with Crippen molar-refractivity contribution in [3.05, 3.63) is 45.1 Å². The minimum absolute atomic E-state index is 0.246. The second-order valence-corrected chi connectivity index (χ2v) is 8.70. The van der Waals surface area contributed by atoms with E-state index in [2.05, 4.69) is 4.99 Å². The first kappa shape index (κ1) is 18.2. The van der Waals surface area contributed by atoms with Gasteiger partial charge in [0.15, 0.2) is 0 Å². The molecule has 0 aliphatic heterocycles. The van der Waals surface area contributed by atoms with Crippen LogP contribution in [0.4, 0.5) is 5.00 Å². The number of hydrogen-bond acceptors (Lipinski definition) is 6. The number of benzene rings is 1. The molecule has 1 aliphatic rings. The molecule has 3 aromatic rings. The van der Waals surface area contributed by atoms with Gasteiger partial charge in [0.05, 0.1) is 17.0 Å². The molecule has 0 saturated carbocycles. The highest BCUT2D eigenvalue weighted by atomic mass is 32.1. The van der Waals surface area contributed by atoms with Gasteiger partial charge in [-0.05, 0) is 50.3 Å². The molecule has 0 saturated heterocycles. The number of rotatable bonds is 4. The second-order valence-electron chi connectivity index (χ2n) is 6.53. The van der Waals surface area contributed by atoms with Crippen molar-refractivity contribution in [3.8, 4) is 5.75 Å². The molecule has 140 valence electrons. The third kappa shape index (κ3) is 3.51. The average Bonchev–Trinajstić information content (AvgIpc) is 3.08. The van der Waals surface area contributed by atoms with Gasteiger partial charge in [-0.25, -0.2) is 9.79 Å². The van der Waals surface area contributed by atoms with Crippen molar-refractivity contribution >= 4 is 49.9 Å². The molecule has 0 atom stereocenters. The maximum atomic E-state index is 12.6. The smallest absolute Gasteiger partial charge is 0.341 e. The predicted molar refractivity (Wildman–Crippen MR) is 112 cm³/mol. The van der Waals surface area contributed by atoms with Crippen molar-refractivity contribution in [1.82, 2.24) is 0 Å². The van der Waals surface area contributed by atoms with Gasteiger partial charge in [0.25, 0.3) is 0 Å². The van der Waals surface area contributed by atoms with Crippen LogP contribution >= 0.6 is 22.7 Å². The Labute approximate surface area is 166 Å². The summed E-state index contributed by atoms with van der Waals surface area (Å²) in [6.07, 6.45) is 7.01. The molecule has 2 aromatic heterocycles. The fourth-order valence-corrected chi connectivity index (χ4v) is 5.68. The molecule has 0 unspecified atom stereocenters. The van der Waals surface area contributed by atoms with Crippen LogP contribution < -0.4 is 0 Å². The van der Waals surface area contributed by atoms with E-state index in [4.69, 9.17) is 4.74 Å². The van der Waals surface area contributed by atoms with Crippen molar-refractivity contribution in [1.29, 1.82) is 0 Å². The SMILES string of the molecule is CCOC(=O)c1c(/N=C/c2sc3ccccc3c2O)sc2c1CCCCC2. The number of nitrogens with zero attached hydrogens (tertiary/aromatic N) is 1. The fraction of sp³-hybridized carbons (Fsp3) is 0.333. The van der Waals surface area contributed by atoms with E-state index >= 15 is 0 Å². The summed E-state index contributed by atoms with van der Waals surface area (Å²) in [5, 5.41) is 12.0.